The minimum absolute atomic E-state index is 0.0838. The average molecular weight is 174 g/mol. The Morgan fingerprint density at radius 3 is 2.54 bits per heavy atom. The molecule has 1 rings (SSSR count). The Morgan fingerprint density at radius 2 is 2.08 bits per heavy atom. The van der Waals surface area contributed by atoms with Gasteiger partial charge in [0.1, 0.15) is 0 Å². The summed E-state index contributed by atoms with van der Waals surface area (Å²) in [5.74, 6) is -0.867. The van der Waals surface area contributed by atoms with Crippen LogP contribution in [0.25, 0.3) is 0 Å². The fraction of sp³-hybridized carbons (Fsp3) is 0.200. The van der Waals surface area contributed by atoms with Gasteiger partial charge in [0.05, 0.1) is 12.0 Å². The number of hydrogen-bond acceptors (Lipinski definition) is 2. The second-order valence-corrected chi connectivity index (χ2v) is 2.76. The van der Waals surface area contributed by atoms with Crippen LogP contribution in [0.3, 0.4) is 0 Å². The molecule has 0 heterocycles. The summed E-state index contributed by atoms with van der Waals surface area (Å²) in [6.07, 6.45) is 0.0838. The van der Waals surface area contributed by atoms with Crippen molar-refractivity contribution in [3.05, 3.63) is 35.9 Å². The Kier molecular flexibility index (Phi) is 3.04. The van der Waals surface area contributed by atoms with Gasteiger partial charge in [0.25, 0.3) is 0 Å². The van der Waals surface area contributed by atoms with E-state index in [2.05, 4.69) is 0 Å². The Labute approximate surface area is 76.8 Å². The first-order valence-electron chi connectivity index (χ1n) is 3.97. The summed E-state index contributed by atoms with van der Waals surface area (Å²) in [4.78, 5) is 10.6. The molecule has 3 heteroatoms. The fourth-order valence-electron chi connectivity index (χ4n) is 1.12. The van der Waals surface area contributed by atoms with Crippen LogP contribution in [0, 0.1) is 11.3 Å². The standard InChI is InChI=1S/C10H10N2O/c11-7-9(6-10(12)13)8-4-2-1-3-5-8/h1-5,9H,6H2,(H2,12,13)/t9-/m1/s1. The maximum absolute atomic E-state index is 10.6. The summed E-state index contributed by atoms with van der Waals surface area (Å²) >= 11 is 0. The van der Waals surface area contributed by atoms with Crippen molar-refractivity contribution >= 4 is 5.91 Å². The summed E-state index contributed by atoms with van der Waals surface area (Å²) in [6, 6.07) is 11.2. The van der Waals surface area contributed by atoms with E-state index < -0.39 is 11.8 Å². The predicted octanol–water partition coefficient (Wildman–Crippen LogP) is 1.17. The average Bonchev–Trinajstić information content (AvgIpc) is 2.15. The molecule has 0 unspecified atom stereocenters. The number of hydrogen-bond donors (Lipinski definition) is 1. The van der Waals surface area contributed by atoms with E-state index in [9.17, 15) is 4.79 Å². The van der Waals surface area contributed by atoms with Crippen molar-refractivity contribution < 1.29 is 4.79 Å². The molecule has 0 aliphatic heterocycles. The molecular formula is C10H10N2O. The molecule has 13 heavy (non-hydrogen) atoms. The van der Waals surface area contributed by atoms with E-state index >= 15 is 0 Å². The van der Waals surface area contributed by atoms with E-state index in [1.165, 1.54) is 0 Å². The third-order valence-corrected chi connectivity index (χ3v) is 1.76. The highest BCUT2D eigenvalue weighted by molar-refractivity contribution is 5.75. The van der Waals surface area contributed by atoms with Crippen molar-refractivity contribution in [3.63, 3.8) is 0 Å². The van der Waals surface area contributed by atoms with E-state index in [1.54, 1.807) is 0 Å². The smallest absolute Gasteiger partial charge is 0.219 e. The van der Waals surface area contributed by atoms with Crippen LogP contribution in [-0.2, 0) is 4.79 Å². The zero-order valence-corrected chi connectivity index (χ0v) is 7.10. The Morgan fingerprint density at radius 1 is 1.46 bits per heavy atom. The quantitative estimate of drug-likeness (QED) is 0.747. The number of amides is 1. The lowest BCUT2D eigenvalue weighted by atomic mass is 9.97. The second kappa shape index (κ2) is 4.27. The molecule has 0 radical (unpaired) electrons. The maximum atomic E-state index is 10.6. The van der Waals surface area contributed by atoms with Crippen molar-refractivity contribution in [1.82, 2.24) is 0 Å². The number of benzene rings is 1. The Hall–Kier alpha value is -1.82. The third-order valence-electron chi connectivity index (χ3n) is 1.76. The van der Waals surface area contributed by atoms with Crippen molar-refractivity contribution in [1.29, 1.82) is 5.26 Å². The molecule has 1 atom stereocenters. The van der Waals surface area contributed by atoms with E-state index in [0.717, 1.165) is 5.56 Å². The lowest BCUT2D eigenvalue weighted by Crippen LogP contribution is -2.14. The minimum Gasteiger partial charge on any atom is -0.370 e. The molecule has 2 N–H and O–H groups in total. The van der Waals surface area contributed by atoms with E-state index in [0.29, 0.717) is 0 Å². The number of rotatable bonds is 3. The fourth-order valence-corrected chi connectivity index (χ4v) is 1.12. The van der Waals surface area contributed by atoms with E-state index in [1.807, 2.05) is 36.4 Å². The zero-order chi connectivity index (χ0) is 9.68. The molecule has 1 aromatic rings. The number of nitrogens with two attached hydrogens (primary N) is 1. The summed E-state index contributed by atoms with van der Waals surface area (Å²) < 4.78 is 0. The molecular weight excluding hydrogens is 164 g/mol. The molecule has 0 saturated heterocycles. The molecule has 0 bridgehead atoms. The van der Waals surface area contributed by atoms with Gasteiger partial charge in [-0.2, -0.15) is 5.26 Å². The van der Waals surface area contributed by atoms with Gasteiger partial charge in [-0.05, 0) is 5.56 Å². The van der Waals surface area contributed by atoms with Crippen LogP contribution in [-0.4, -0.2) is 5.91 Å². The lowest BCUT2D eigenvalue weighted by Gasteiger charge is -2.05. The summed E-state index contributed by atoms with van der Waals surface area (Å²) in [7, 11) is 0. The molecule has 66 valence electrons. The van der Waals surface area contributed by atoms with Crippen LogP contribution in [0.4, 0.5) is 0 Å². The highest BCUT2D eigenvalue weighted by Gasteiger charge is 2.12. The molecule has 3 nitrogen and oxygen atoms in total. The molecule has 0 aromatic heterocycles. The highest BCUT2D eigenvalue weighted by atomic mass is 16.1. The minimum atomic E-state index is -0.449. The predicted molar refractivity (Wildman–Crippen MR) is 48.6 cm³/mol. The van der Waals surface area contributed by atoms with Gasteiger partial charge in [-0.1, -0.05) is 30.3 Å². The number of nitrogens with zero attached hydrogens (tertiary/aromatic N) is 1. The summed E-state index contributed by atoms with van der Waals surface area (Å²) in [5.41, 5.74) is 5.85. The Balaban J connectivity index is 2.80. The third kappa shape index (κ3) is 2.60. The van der Waals surface area contributed by atoms with Crippen LogP contribution in [0.1, 0.15) is 17.9 Å². The zero-order valence-electron chi connectivity index (χ0n) is 7.10. The molecule has 1 amide bonds. The van der Waals surface area contributed by atoms with Gasteiger partial charge < -0.3 is 5.73 Å². The number of carbonyl (C=O) groups excluding carboxylic acids is 1. The maximum Gasteiger partial charge on any atom is 0.219 e. The first-order valence-corrected chi connectivity index (χ1v) is 3.97. The van der Waals surface area contributed by atoms with Crippen LogP contribution < -0.4 is 5.73 Å². The van der Waals surface area contributed by atoms with Gasteiger partial charge in [0.2, 0.25) is 5.91 Å². The number of primary amides is 1. The molecule has 0 aliphatic carbocycles. The first kappa shape index (κ1) is 9.27. The van der Waals surface area contributed by atoms with Crippen LogP contribution in [0.5, 0.6) is 0 Å². The monoisotopic (exact) mass is 174 g/mol. The van der Waals surface area contributed by atoms with Gasteiger partial charge in [-0.25, -0.2) is 0 Å². The van der Waals surface area contributed by atoms with E-state index in [-0.39, 0.29) is 6.42 Å². The van der Waals surface area contributed by atoms with Gasteiger partial charge in [-0.15, -0.1) is 0 Å². The lowest BCUT2D eigenvalue weighted by molar-refractivity contribution is -0.118. The van der Waals surface area contributed by atoms with Crippen molar-refractivity contribution in [2.24, 2.45) is 5.73 Å². The largest absolute Gasteiger partial charge is 0.370 e. The van der Waals surface area contributed by atoms with Gasteiger partial charge in [0.15, 0.2) is 0 Å². The van der Waals surface area contributed by atoms with Crippen molar-refractivity contribution in [2.75, 3.05) is 0 Å². The normalized spacial score (nSPS) is 11.6. The number of nitriles is 1. The van der Waals surface area contributed by atoms with Crippen molar-refractivity contribution in [2.45, 2.75) is 12.3 Å². The molecule has 0 aliphatic rings. The topological polar surface area (TPSA) is 66.9 Å². The summed E-state index contributed by atoms with van der Waals surface area (Å²) in [5, 5.41) is 8.77. The molecule has 1 aromatic carbocycles. The molecule has 0 saturated carbocycles. The van der Waals surface area contributed by atoms with Crippen LogP contribution in [0.15, 0.2) is 30.3 Å². The molecule has 0 spiro atoms. The first-order chi connectivity index (χ1) is 6.24. The van der Waals surface area contributed by atoms with Crippen LogP contribution >= 0.6 is 0 Å². The summed E-state index contributed by atoms with van der Waals surface area (Å²) in [6.45, 7) is 0. The Bertz CT molecular complexity index is 327. The number of carbonyl (C=O) groups is 1. The van der Waals surface area contributed by atoms with Gasteiger partial charge in [0, 0.05) is 6.42 Å². The van der Waals surface area contributed by atoms with Crippen molar-refractivity contribution in [3.8, 4) is 6.07 Å². The van der Waals surface area contributed by atoms with Gasteiger partial charge >= 0.3 is 0 Å². The van der Waals surface area contributed by atoms with E-state index in [4.69, 9.17) is 11.0 Å². The highest BCUT2D eigenvalue weighted by Crippen LogP contribution is 2.17. The van der Waals surface area contributed by atoms with Crippen LogP contribution in [0.2, 0.25) is 0 Å². The SMILES string of the molecule is N#C[C@@H](CC(N)=O)c1ccccc1. The second-order valence-electron chi connectivity index (χ2n) is 2.76. The molecule has 0 fully saturated rings. The van der Waals surface area contributed by atoms with Gasteiger partial charge in [-0.3, -0.25) is 4.79 Å².